The first-order chi connectivity index (χ1) is 39.9. The first kappa shape index (κ1) is 62.8. The van der Waals surface area contributed by atoms with E-state index in [4.69, 9.17) is 28.9 Å². The molecule has 2 N–H and O–H groups in total. The average Bonchev–Trinajstić information content (AvgIpc) is 0.820. The number of rotatable bonds is 16. The minimum Gasteiger partial charge on any atom is -0.444 e. The molecule has 0 radical (unpaired) electrons. The van der Waals surface area contributed by atoms with Gasteiger partial charge in [-0.15, -0.1) is 4.57 Å². The molecule has 0 bridgehead atoms. The Bertz CT molecular complexity index is 3570. The molecular formula is C69H87N8O8+. The highest BCUT2D eigenvalue weighted by atomic mass is 16.6. The van der Waals surface area contributed by atoms with Gasteiger partial charge in [-0.3, -0.25) is 20.4 Å². The van der Waals surface area contributed by atoms with Crippen LogP contribution in [-0.4, -0.2) is 76.6 Å². The molecular weight excluding hydrogens is 1070 g/mol. The summed E-state index contributed by atoms with van der Waals surface area (Å²) in [6.45, 7) is 31.0. The van der Waals surface area contributed by atoms with Crippen LogP contribution >= 0.6 is 0 Å². The van der Waals surface area contributed by atoms with Crippen LogP contribution in [0, 0.1) is 20.8 Å². The van der Waals surface area contributed by atoms with E-state index in [0.717, 1.165) is 129 Å². The monoisotopic (exact) mass is 1160 g/mol. The SMILES string of the molecule is CC1=CC2=Nc3cc(C)c(N(CCCCCCCCCN(C(=O)OC(C)(C)C)c4cc5c(cc4C)nc4cc(C)c(NC(=O)OC(C)(C)C)cc4[n+]5-c4ccccc4)C(=O)OC(C)(C)C)cc3N(c3ccccc3)C2C=C1NC(=O)OC(C)(C)C. The molecule has 0 fully saturated rings. The van der Waals surface area contributed by atoms with E-state index in [-0.39, 0.29) is 6.04 Å². The number of carbonyl (C=O) groups excluding carboxylic acids is 4. The van der Waals surface area contributed by atoms with Crippen LogP contribution in [0.2, 0.25) is 0 Å². The summed E-state index contributed by atoms with van der Waals surface area (Å²) in [5, 5.41) is 5.93. The number of anilines is 5. The Morgan fingerprint density at radius 3 is 1.56 bits per heavy atom. The molecule has 16 nitrogen and oxygen atoms in total. The molecule has 0 spiro atoms. The van der Waals surface area contributed by atoms with Crippen molar-refractivity contribution in [2.75, 3.05) is 33.1 Å². The molecule has 85 heavy (non-hydrogen) atoms. The largest absolute Gasteiger partial charge is 0.444 e. The van der Waals surface area contributed by atoms with E-state index >= 15 is 0 Å². The van der Waals surface area contributed by atoms with Gasteiger partial charge in [0.05, 0.1) is 40.2 Å². The summed E-state index contributed by atoms with van der Waals surface area (Å²) in [6, 6.07) is 31.7. The number of benzene rings is 5. The molecule has 4 amide bonds. The van der Waals surface area contributed by atoms with Gasteiger partial charge in [0.15, 0.2) is 0 Å². The maximum Gasteiger partial charge on any atom is 0.414 e. The van der Waals surface area contributed by atoms with E-state index in [1.807, 2.05) is 220 Å². The third-order valence-electron chi connectivity index (χ3n) is 14.2. The van der Waals surface area contributed by atoms with E-state index < -0.39 is 46.8 Å². The van der Waals surface area contributed by atoms with Gasteiger partial charge in [-0.1, -0.05) is 68.5 Å². The Morgan fingerprint density at radius 2 is 1.02 bits per heavy atom. The highest BCUT2D eigenvalue weighted by Gasteiger charge is 2.36. The highest BCUT2D eigenvalue weighted by molar-refractivity contribution is 6.11. The number of hydrogen-bond acceptors (Lipinski definition) is 11. The van der Waals surface area contributed by atoms with Crippen LogP contribution in [0.1, 0.15) is 152 Å². The second-order valence-electron chi connectivity index (χ2n) is 26.3. The Balaban J connectivity index is 0.982. The van der Waals surface area contributed by atoms with Gasteiger partial charge in [-0.2, -0.15) is 0 Å². The van der Waals surface area contributed by atoms with Gasteiger partial charge < -0.3 is 23.8 Å². The second-order valence-corrected chi connectivity index (χ2v) is 26.3. The van der Waals surface area contributed by atoms with Gasteiger partial charge >= 0.3 is 24.4 Å². The van der Waals surface area contributed by atoms with Gasteiger partial charge in [0.25, 0.3) is 0 Å². The van der Waals surface area contributed by atoms with E-state index in [1.54, 1.807) is 9.80 Å². The van der Waals surface area contributed by atoms with Crippen molar-refractivity contribution in [1.82, 2.24) is 10.3 Å². The number of allylic oxidation sites excluding steroid dienone is 1. The summed E-state index contributed by atoms with van der Waals surface area (Å²) < 4.78 is 25.5. The van der Waals surface area contributed by atoms with Crippen molar-refractivity contribution in [3.05, 3.63) is 137 Å². The van der Waals surface area contributed by atoms with E-state index in [9.17, 15) is 19.2 Å². The lowest BCUT2D eigenvalue weighted by molar-refractivity contribution is -0.538. The van der Waals surface area contributed by atoms with Gasteiger partial charge in [-0.25, -0.2) is 29.2 Å². The zero-order valence-corrected chi connectivity index (χ0v) is 52.8. The number of amides is 4. The van der Waals surface area contributed by atoms with Gasteiger partial charge in [0, 0.05) is 48.7 Å². The maximum absolute atomic E-state index is 14.3. The van der Waals surface area contributed by atoms with Gasteiger partial charge in [0.1, 0.15) is 33.4 Å². The standard InChI is InChI=1S/C69H86N8O8/c1-44-36-52-58(40-50(44)72-62(78)82-66(5,6)7)76(48-30-24-22-25-31-48)60-42-56(46(3)38-54(60)70-52)74(64(80)84-68(11,12)13)34-28-20-18-17-19-21-29-35-75(65(81)85-69(14,15)16)57-43-61-55(39-47(57)4)71-53-37-45(2)51(73-63(79)83-67(8,9)10)41-59(53)77(61)49-32-26-23-27-33-49/h22-27,30-33,36-43,58H,17-21,28-29,34-35H2,1-16H3,(H,72,78)/p+1. The summed E-state index contributed by atoms with van der Waals surface area (Å²) in [4.78, 5) is 70.8. The third kappa shape index (κ3) is 16.1. The van der Waals surface area contributed by atoms with Gasteiger partial charge in [0.2, 0.25) is 16.7 Å². The molecule has 1 unspecified atom stereocenters. The van der Waals surface area contributed by atoms with Crippen LogP contribution in [0.4, 0.5) is 53.3 Å². The van der Waals surface area contributed by atoms with Crippen molar-refractivity contribution in [2.24, 2.45) is 4.99 Å². The quantitative estimate of drug-likeness (QED) is 0.0412. The number of alkyl carbamates (subject to hydrolysis) is 1. The first-order valence-corrected chi connectivity index (χ1v) is 29.8. The fourth-order valence-corrected chi connectivity index (χ4v) is 10.6. The number of carbonyl (C=O) groups is 4. The van der Waals surface area contributed by atoms with Crippen LogP contribution in [-0.2, 0) is 18.9 Å². The molecule has 1 aliphatic carbocycles. The number of unbranched alkanes of at least 4 members (excludes halogenated alkanes) is 6. The minimum absolute atomic E-state index is 0.375. The lowest BCUT2D eigenvalue weighted by Gasteiger charge is -2.39. The van der Waals surface area contributed by atoms with E-state index in [0.29, 0.717) is 24.5 Å². The molecule has 6 aromatic rings. The summed E-state index contributed by atoms with van der Waals surface area (Å²) >= 11 is 0. The Hall–Kier alpha value is -8.27. The summed E-state index contributed by atoms with van der Waals surface area (Å²) in [7, 11) is 0. The lowest BCUT2D eigenvalue weighted by atomic mass is 9.93. The number of aryl methyl sites for hydroxylation is 3. The fourth-order valence-electron chi connectivity index (χ4n) is 10.6. The fraction of sp³-hybridized carbons (Fsp3) is 0.435. The summed E-state index contributed by atoms with van der Waals surface area (Å²) in [5.74, 6) is 0. The summed E-state index contributed by atoms with van der Waals surface area (Å²) in [5.41, 5.74) is 10.6. The Morgan fingerprint density at radius 1 is 0.553 bits per heavy atom. The molecule has 0 saturated heterocycles. The average molecular weight is 1160 g/mol. The minimum atomic E-state index is -0.729. The van der Waals surface area contributed by atoms with Crippen molar-refractivity contribution in [1.29, 1.82) is 0 Å². The number of ether oxygens (including phenoxy) is 4. The maximum atomic E-state index is 14.3. The molecule has 0 saturated carbocycles. The van der Waals surface area contributed by atoms with Crippen molar-refractivity contribution < 1.29 is 42.7 Å². The van der Waals surface area contributed by atoms with E-state index in [1.165, 1.54) is 0 Å². The molecule has 5 aromatic carbocycles. The lowest BCUT2D eigenvalue weighted by Crippen LogP contribution is -2.42. The third-order valence-corrected chi connectivity index (χ3v) is 14.2. The van der Waals surface area contributed by atoms with Crippen LogP contribution in [0.5, 0.6) is 0 Å². The second kappa shape index (κ2) is 25.5. The van der Waals surface area contributed by atoms with Crippen molar-refractivity contribution in [3.63, 3.8) is 0 Å². The number of nitrogens with zero attached hydrogens (tertiary/aromatic N) is 6. The first-order valence-electron chi connectivity index (χ1n) is 29.8. The number of para-hydroxylation sites is 2. The Kier molecular flexibility index (Phi) is 18.8. The number of aliphatic imine (C=N–C) groups is 1. The molecule has 1 aromatic heterocycles. The molecule has 450 valence electrons. The molecule has 8 rings (SSSR count). The smallest absolute Gasteiger partial charge is 0.414 e. The topological polar surface area (TPSA) is 168 Å². The Labute approximate surface area is 502 Å². The number of aromatic nitrogens is 2. The molecule has 2 aliphatic rings. The van der Waals surface area contributed by atoms with Crippen LogP contribution in [0.3, 0.4) is 0 Å². The normalized spacial score (nSPS) is 14.3. The molecule has 16 heteroatoms. The zero-order chi connectivity index (χ0) is 61.8. The number of nitrogens with one attached hydrogen (secondary N) is 2. The number of fused-ring (bicyclic) bond motifs is 4. The van der Waals surface area contributed by atoms with Gasteiger partial charge in [-0.05, 0) is 194 Å². The molecule has 1 atom stereocenters. The summed E-state index contributed by atoms with van der Waals surface area (Å²) in [6.07, 6.45) is 8.24. The predicted octanol–water partition coefficient (Wildman–Crippen LogP) is 16.8. The van der Waals surface area contributed by atoms with Crippen molar-refractivity contribution >= 4 is 86.3 Å². The predicted molar refractivity (Wildman–Crippen MR) is 341 cm³/mol. The van der Waals surface area contributed by atoms with Crippen molar-refractivity contribution in [3.8, 4) is 5.69 Å². The molecule has 1 aliphatic heterocycles. The van der Waals surface area contributed by atoms with Crippen LogP contribution in [0.25, 0.3) is 27.8 Å². The zero-order valence-electron chi connectivity index (χ0n) is 52.8. The van der Waals surface area contributed by atoms with Crippen LogP contribution in [0.15, 0.2) is 125 Å². The van der Waals surface area contributed by atoms with Crippen LogP contribution < -0.4 is 29.9 Å². The number of hydrogen-bond donors (Lipinski definition) is 2. The van der Waals surface area contributed by atoms with Crippen molar-refractivity contribution in [2.45, 2.75) is 184 Å². The highest BCUT2D eigenvalue weighted by Crippen LogP contribution is 2.46. The van der Waals surface area contributed by atoms with E-state index in [2.05, 4.69) is 20.1 Å². The molecule has 2 heterocycles.